The maximum absolute atomic E-state index is 13.0. The first kappa shape index (κ1) is 17.1. The summed E-state index contributed by atoms with van der Waals surface area (Å²) in [4.78, 5) is 4.53. The van der Waals surface area contributed by atoms with Gasteiger partial charge in [-0.3, -0.25) is 0 Å². The van der Waals surface area contributed by atoms with Crippen molar-refractivity contribution in [3.63, 3.8) is 0 Å². The van der Waals surface area contributed by atoms with Crippen LogP contribution in [0.2, 0.25) is 0 Å². The molecular weight excluding hydrogens is 341 g/mol. The molecule has 0 bridgehead atoms. The van der Waals surface area contributed by atoms with E-state index >= 15 is 0 Å². The number of ether oxygens (including phenoxy) is 1. The van der Waals surface area contributed by atoms with Crippen molar-refractivity contribution < 1.29 is 17.9 Å². The van der Waals surface area contributed by atoms with Gasteiger partial charge < -0.3 is 9.30 Å². The summed E-state index contributed by atoms with van der Waals surface area (Å²) in [5.74, 6) is 0.765. The Morgan fingerprint density at radius 2 is 1.92 bits per heavy atom. The second kappa shape index (κ2) is 6.76. The van der Waals surface area contributed by atoms with Crippen molar-refractivity contribution in [3.8, 4) is 0 Å². The maximum Gasteiger partial charge on any atom is 0.416 e. The second-order valence-electron chi connectivity index (χ2n) is 6.64. The Kier molecular flexibility index (Phi) is 4.44. The predicted octanol–water partition coefficient (Wildman–Crippen LogP) is 4.82. The Balaban J connectivity index is 1.76. The largest absolute Gasteiger partial charge is 0.416 e. The van der Waals surface area contributed by atoms with Crippen LogP contribution >= 0.6 is 0 Å². The van der Waals surface area contributed by atoms with Crippen molar-refractivity contribution in [2.24, 2.45) is 0 Å². The van der Waals surface area contributed by atoms with Gasteiger partial charge in [-0.25, -0.2) is 4.98 Å². The molecule has 1 aromatic heterocycles. The molecule has 0 spiro atoms. The molecule has 1 unspecified atom stereocenters. The van der Waals surface area contributed by atoms with Gasteiger partial charge in [-0.2, -0.15) is 13.2 Å². The monoisotopic (exact) mass is 360 g/mol. The van der Waals surface area contributed by atoms with Gasteiger partial charge in [0.15, 0.2) is 0 Å². The first-order valence-corrected chi connectivity index (χ1v) is 8.72. The van der Waals surface area contributed by atoms with Gasteiger partial charge in [0.25, 0.3) is 0 Å². The van der Waals surface area contributed by atoms with Gasteiger partial charge in [0.05, 0.1) is 29.2 Å². The van der Waals surface area contributed by atoms with E-state index < -0.39 is 11.7 Å². The third-order valence-corrected chi connectivity index (χ3v) is 4.77. The number of aromatic nitrogens is 2. The summed E-state index contributed by atoms with van der Waals surface area (Å²) in [7, 11) is 0. The molecule has 1 aliphatic heterocycles. The number of fused-ring (bicyclic) bond motifs is 1. The highest BCUT2D eigenvalue weighted by Gasteiger charge is 2.31. The minimum Gasteiger partial charge on any atom is -0.376 e. The fraction of sp³-hybridized carbons (Fsp3) is 0.350. The lowest BCUT2D eigenvalue weighted by molar-refractivity contribution is -0.137. The zero-order chi connectivity index (χ0) is 18.1. The zero-order valence-electron chi connectivity index (χ0n) is 14.2. The fourth-order valence-electron chi connectivity index (χ4n) is 3.47. The van der Waals surface area contributed by atoms with E-state index in [2.05, 4.69) is 4.98 Å². The van der Waals surface area contributed by atoms with E-state index in [1.807, 2.05) is 34.9 Å². The smallest absolute Gasteiger partial charge is 0.376 e. The molecule has 3 nitrogen and oxygen atoms in total. The quantitative estimate of drug-likeness (QED) is 0.667. The molecule has 6 heteroatoms. The molecule has 3 aromatic rings. The van der Waals surface area contributed by atoms with Crippen molar-refractivity contribution in [2.45, 2.75) is 38.1 Å². The molecule has 136 valence electrons. The normalized spacial score (nSPS) is 17.9. The van der Waals surface area contributed by atoms with E-state index in [-0.39, 0.29) is 6.10 Å². The topological polar surface area (TPSA) is 27.1 Å². The number of nitrogens with zero attached hydrogens (tertiary/aromatic N) is 2. The fourth-order valence-corrected chi connectivity index (χ4v) is 3.47. The highest BCUT2D eigenvalue weighted by Crippen LogP contribution is 2.32. The van der Waals surface area contributed by atoms with E-state index in [1.165, 1.54) is 6.07 Å². The van der Waals surface area contributed by atoms with Gasteiger partial charge in [0.2, 0.25) is 0 Å². The van der Waals surface area contributed by atoms with Gasteiger partial charge in [-0.15, -0.1) is 0 Å². The summed E-state index contributed by atoms with van der Waals surface area (Å²) < 4.78 is 46.9. The number of hydrogen-bond donors (Lipinski definition) is 0. The van der Waals surface area contributed by atoms with Crippen LogP contribution in [0.15, 0.2) is 48.5 Å². The van der Waals surface area contributed by atoms with E-state index in [0.717, 1.165) is 48.5 Å². The molecule has 0 saturated carbocycles. The molecule has 0 N–H and O–H groups in total. The Morgan fingerprint density at radius 1 is 1.12 bits per heavy atom. The molecule has 4 rings (SSSR count). The van der Waals surface area contributed by atoms with Crippen LogP contribution in [-0.4, -0.2) is 22.3 Å². The number of alkyl halides is 3. The van der Waals surface area contributed by atoms with E-state index in [9.17, 15) is 13.2 Å². The third-order valence-electron chi connectivity index (χ3n) is 4.77. The van der Waals surface area contributed by atoms with Crippen molar-refractivity contribution in [1.82, 2.24) is 9.55 Å². The average Bonchev–Trinajstić information content (AvgIpc) is 3.23. The number of imidazole rings is 1. The first-order chi connectivity index (χ1) is 12.5. The Hall–Kier alpha value is -2.34. The van der Waals surface area contributed by atoms with Crippen molar-refractivity contribution >= 4 is 11.0 Å². The van der Waals surface area contributed by atoms with Crippen molar-refractivity contribution in [1.29, 1.82) is 0 Å². The van der Waals surface area contributed by atoms with Gasteiger partial charge in [-0.05, 0) is 36.6 Å². The molecule has 2 aromatic carbocycles. The van der Waals surface area contributed by atoms with Crippen LogP contribution in [0, 0.1) is 0 Å². The predicted molar refractivity (Wildman–Crippen MR) is 93.0 cm³/mol. The Labute approximate surface area is 149 Å². The van der Waals surface area contributed by atoms with Crippen LogP contribution < -0.4 is 0 Å². The van der Waals surface area contributed by atoms with Crippen LogP contribution in [0.3, 0.4) is 0 Å². The van der Waals surface area contributed by atoms with Crippen LogP contribution in [0.25, 0.3) is 11.0 Å². The molecule has 1 aliphatic rings. The SMILES string of the molecule is FC(F)(F)c1ccc2c(c1)nc(Cc1ccccc1)n2CC1CCCO1. The van der Waals surface area contributed by atoms with Gasteiger partial charge in [0, 0.05) is 13.0 Å². The second-order valence-corrected chi connectivity index (χ2v) is 6.64. The lowest BCUT2D eigenvalue weighted by Gasteiger charge is -2.14. The van der Waals surface area contributed by atoms with Gasteiger partial charge in [0.1, 0.15) is 5.82 Å². The molecule has 1 atom stereocenters. The maximum atomic E-state index is 13.0. The van der Waals surface area contributed by atoms with Crippen LogP contribution in [0.5, 0.6) is 0 Å². The Bertz CT molecular complexity index is 897. The van der Waals surface area contributed by atoms with Crippen LogP contribution in [-0.2, 0) is 23.9 Å². The third kappa shape index (κ3) is 3.46. The number of halogens is 3. The minimum absolute atomic E-state index is 0.0872. The Morgan fingerprint density at radius 3 is 2.62 bits per heavy atom. The lowest BCUT2D eigenvalue weighted by atomic mass is 10.1. The molecule has 1 saturated heterocycles. The van der Waals surface area contributed by atoms with E-state index in [4.69, 9.17) is 4.74 Å². The average molecular weight is 360 g/mol. The molecular formula is C20H19F3N2O. The first-order valence-electron chi connectivity index (χ1n) is 8.72. The summed E-state index contributed by atoms with van der Waals surface area (Å²) >= 11 is 0. The lowest BCUT2D eigenvalue weighted by Crippen LogP contribution is -2.17. The summed E-state index contributed by atoms with van der Waals surface area (Å²) in [6, 6.07) is 13.6. The van der Waals surface area contributed by atoms with Crippen molar-refractivity contribution in [3.05, 3.63) is 65.5 Å². The summed E-state index contributed by atoms with van der Waals surface area (Å²) in [6.07, 6.45) is -1.73. The summed E-state index contributed by atoms with van der Waals surface area (Å²) in [5.41, 5.74) is 1.51. The standard InChI is InChI=1S/C20H19F3N2O/c21-20(22,23)15-8-9-18-17(12-15)24-19(11-14-5-2-1-3-6-14)25(18)13-16-7-4-10-26-16/h1-3,5-6,8-9,12,16H,4,7,10-11,13H2. The van der Waals surface area contributed by atoms with Gasteiger partial charge in [-0.1, -0.05) is 30.3 Å². The highest BCUT2D eigenvalue weighted by atomic mass is 19.4. The van der Waals surface area contributed by atoms with Crippen LogP contribution in [0.4, 0.5) is 13.2 Å². The number of rotatable bonds is 4. The van der Waals surface area contributed by atoms with Crippen LogP contribution in [0.1, 0.15) is 29.8 Å². The summed E-state index contributed by atoms with van der Waals surface area (Å²) in [6.45, 7) is 1.35. The molecule has 1 fully saturated rings. The summed E-state index contributed by atoms with van der Waals surface area (Å²) in [5, 5.41) is 0. The van der Waals surface area contributed by atoms with Gasteiger partial charge >= 0.3 is 6.18 Å². The van der Waals surface area contributed by atoms with Crippen molar-refractivity contribution in [2.75, 3.05) is 6.61 Å². The molecule has 0 aliphatic carbocycles. The van der Waals surface area contributed by atoms with E-state index in [0.29, 0.717) is 18.5 Å². The number of benzene rings is 2. The molecule has 26 heavy (non-hydrogen) atoms. The molecule has 2 heterocycles. The zero-order valence-corrected chi connectivity index (χ0v) is 14.2. The van der Waals surface area contributed by atoms with E-state index in [1.54, 1.807) is 0 Å². The number of hydrogen-bond acceptors (Lipinski definition) is 2. The minimum atomic E-state index is -4.37. The molecule has 0 amide bonds. The molecule has 0 radical (unpaired) electrons. The highest BCUT2D eigenvalue weighted by molar-refractivity contribution is 5.77.